The maximum absolute atomic E-state index is 6.29. The minimum atomic E-state index is 0.153. The normalized spacial score (nSPS) is 28.8. The SMILES string of the molecule is Cc1cc(Cl)c(NC2=NC3(CCC(C)CC3)CS2)cc1Cl. The maximum Gasteiger partial charge on any atom is 0.161 e. The van der Waals surface area contributed by atoms with Gasteiger partial charge in [0.1, 0.15) is 0 Å². The van der Waals surface area contributed by atoms with E-state index in [2.05, 4.69) is 12.2 Å². The van der Waals surface area contributed by atoms with Crippen LogP contribution in [0.2, 0.25) is 10.0 Å². The van der Waals surface area contributed by atoms with Gasteiger partial charge in [-0.25, -0.2) is 0 Å². The van der Waals surface area contributed by atoms with E-state index in [9.17, 15) is 0 Å². The van der Waals surface area contributed by atoms with Gasteiger partial charge in [-0.05, 0) is 56.2 Å². The van der Waals surface area contributed by atoms with E-state index in [1.807, 2.05) is 19.1 Å². The van der Waals surface area contributed by atoms with Gasteiger partial charge in [-0.2, -0.15) is 0 Å². The maximum atomic E-state index is 6.29. The van der Waals surface area contributed by atoms with Gasteiger partial charge in [0.05, 0.1) is 16.2 Å². The molecule has 0 aromatic heterocycles. The molecule has 0 amide bonds. The molecule has 0 bridgehead atoms. The van der Waals surface area contributed by atoms with E-state index in [1.165, 1.54) is 25.7 Å². The molecule has 0 unspecified atom stereocenters. The van der Waals surface area contributed by atoms with Crippen LogP contribution in [0, 0.1) is 12.8 Å². The van der Waals surface area contributed by atoms with Crippen LogP contribution in [0.15, 0.2) is 17.1 Å². The van der Waals surface area contributed by atoms with Crippen molar-refractivity contribution in [3.8, 4) is 0 Å². The van der Waals surface area contributed by atoms with Crippen LogP contribution in [0.25, 0.3) is 0 Å². The Kier molecular flexibility index (Phi) is 4.45. The lowest BCUT2D eigenvalue weighted by atomic mass is 9.79. The summed E-state index contributed by atoms with van der Waals surface area (Å²) < 4.78 is 0. The number of nitrogens with one attached hydrogen (secondary N) is 1. The summed E-state index contributed by atoms with van der Waals surface area (Å²) >= 11 is 14.3. The van der Waals surface area contributed by atoms with E-state index < -0.39 is 0 Å². The van der Waals surface area contributed by atoms with Gasteiger partial charge < -0.3 is 5.32 Å². The predicted molar refractivity (Wildman–Crippen MR) is 95.1 cm³/mol. The number of rotatable bonds is 1. The first-order valence-corrected chi connectivity index (χ1v) is 9.17. The van der Waals surface area contributed by atoms with Crippen LogP contribution in [0.5, 0.6) is 0 Å². The molecular formula is C16H20Cl2N2S. The Bertz CT molecular complexity index is 578. The van der Waals surface area contributed by atoms with Crippen LogP contribution in [0.3, 0.4) is 0 Å². The summed E-state index contributed by atoms with van der Waals surface area (Å²) in [6.07, 6.45) is 4.98. The quantitative estimate of drug-likeness (QED) is 0.700. The largest absolute Gasteiger partial charge is 0.334 e. The number of aliphatic imine (C=N–C) groups is 1. The average Bonchev–Trinajstić information content (AvgIpc) is 2.83. The zero-order chi connectivity index (χ0) is 15.0. The molecule has 0 saturated heterocycles. The second-order valence-electron chi connectivity index (χ2n) is 6.32. The fraction of sp³-hybridized carbons (Fsp3) is 0.562. The number of amidine groups is 1. The molecule has 5 heteroatoms. The number of halogens is 2. The lowest BCUT2D eigenvalue weighted by molar-refractivity contribution is 0.273. The first-order valence-electron chi connectivity index (χ1n) is 7.43. The molecule has 0 radical (unpaired) electrons. The summed E-state index contributed by atoms with van der Waals surface area (Å²) in [6.45, 7) is 4.30. The lowest BCUT2D eigenvalue weighted by Gasteiger charge is -2.32. The van der Waals surface area contributed by atoms with Gasteiger partial charge in [-0.15, -0.1) is 0 Å². The molecule has 1 N–H and O–H groups in total. The van der Waals surface area contributed by atoms with Crippen molar-refractivity contribution in [1.29, 1.82) is 0 Å². The van der Waals surface area contributed by atoms with Crippen molar-refractivity contribution in [3.63, 3.8) is 0 Å². The van der Waals surface area contributed by atoms with E-state index in [-0.39, 0.29) is 5.54 Å². The van der Waals surface area contributed by atoms with E-state index in [0.717, 1.165) is 33.1 Å². The molecule has 1 aromatic carbocycles. The van der Waals surface area contributed by atoms with Gasteiger partial charge in [-0.3, -0.25) is 4.99 Å². The molecule has 1 aromatic rings. The molecule has 2 nitrogen and oxygen atoms in total. The van der Waals surface area contributed by atoms with Crippen molar-refractivity contribution in [2.45, 2.75) is 45.1 Å². The monoisotopic (exact) mass is 342 g/mol. The van der Waals surface area contributed by atoms with E-state index in [0.29, 0.717) is 5.02 Å². The Hall–Kier alpha value is -0.380. The Morgan fingerprint density at radius 3 is 2.67 bits per heavy atom. The van der Waals surface area contributed by atoms with Gasteiger partial charge in [0.25, 0.3) is 0 Å². The van der Waals surface area contributed by atoms with Crippen molar-refractivity contribution < 1.29 is 0 Å². The van der Waals surface area contributed by atoms with Gasteiger partial charge in [0, 0.05) is 10.8 Å². The number of hydrogen-bond donors (Lipinski definition) is 1. The second kappa shape index (κ2) is 6.02. The molecule has 1 fully saturated rings. The highest BCUT2D eigenvalue weighted by Gasteiger charge is 2.38. The van der Waals surface area contributed by atoms with Crippen LogP contribution in [-0.2, 0) is 0 Å². The van der Waals surface area contributed by atoms with Crippen molar-refractivity contribution in [2.24, 2.45) is 10.9 Å². The summed E-state index contributed by atoms with van der Waals surface area (Å²) in [7, 11) is 0. The molecule has 1 aliphatic carbocycles. The van der Waals surface area contributed by atoms with Crippen molar-refractivity contribution in [1.82, 2.24) is 0 Å². The van der Waals surface area contributed by atoms with Gasteiger partial charge in [-0.1, -0.05) is 41.9 Å². The highest BCUT2D eigenvalue weighted by Crippen LogP contribution is 2.42. The van der Waals surface area contributed by atoms with Crippen LogP contribution in [0.1, 0.15) is 38.2 Å². The number of nitrogens with zero attached hydrogens (tertiary/aromatic N) is 1. The average molecular weight is 343 g/mol. The molecule has 0 atom stereocenters. The van der Waals surface area contributed by atoms with Gasteiger partial charge in [0.15, 0.2) is 5.17 Å². The number of anilines is 1. The standard InChI is InChI=1S/C16H20Cl2N2S/c1-10-3-5-16(6-4-10)9-21-15(20-16)19-14-8-12(17)11(2)7-13(14)18/h7-8,10H,3-6,9H2,1-2H3,(H,19,20). The third kappa shape index (κ3) is 3.35. The number of hydrogen-bond acceptors (Lipinski definition) is 3. The Morgan fingerprint density at radius 1 is 1.24 bits per heavy atom. The zero-order valence-corrected chi connectivity index (χ0v) is 14.7. The smallest absolute Gasteiger partial charge is 0.161 e. The molecule has 3 rings (SSSR count). The van der Waals surface area contributed by atoms with Gasteiger partial charge in [0.2, 0.25) is 0 Å². The summed E-state index contributed by atoms with van der Waals surface area (Å²) in [5.41, 5.74) is 1.99. The van der Waals surface area contributed by atoms with Crippen molar-refractivity contribution in [3.05, 3.63) is 27.7 Å². The molecular weight excluding hydrogens is 323 g/mol. The fourth-order valence-electron chi connectivity index (χ4n) is 2.96. The fourth-order valence-corrected chi connectivity index (χ4v) is 4.59. The Balaban J connectivity index is 1.76. The van der Waals surface area contributed by atoms with E-state index in [1.54, 1.807) is 11.8 Å². The summed E-state index contributed by atoms with van der Waals surface area (Å²) in [6, 6.07) is 3.78. The van der Waals surface area contributed by atoms with Crippen LogP contribution >= 0.6 is 35.0 Å². The van der Waals surface area contributed by atoms with E-state index in [4.69, 9.17) is 28.2 Å². The Labute approximate surface area is 140 Å². The van der Waals surface area contributed by atoms with Gasteiger partial charge >= 0.3 is 0 Å². The number of benzene rings is 1. The van der Waals surface area contributed by atoms with E-state index >= 15 is 0 Å². The molecule has 1 aliphatic heterocycles. The third-order valence-corrected chi connectivity index (χ3v) is 6.38. The molecule has 1 spiro atoms. The van der Waals surface area contributed by atoms with Crippen LogP contribution in [-0.4, -0.2) is 16.5 Å². The first kappa shape index (κ1) is 15.5. The van der Waals surface area contributed by atoms with Crippen LogP contribution < -0.4 is 5.32 Å². The van der Waals surface area contributed by atoms with Crippen LogP contribution in [0.4, 0.5) is 5.69 Å². The predicted octanol–water partition coefficient (Wildman–Crippen LogP) is 5.77. The summed E-state index contributed by atoms with van der Waals surface area (Å²) in [5, 5.41) is 5.76. The second-order valence-corrected chi connectivity index (χ2v) is 8.10. The molecule has 1 heterocycles. The summed E-state index contributed by atoms with van der Waals surface area (Å²) in [5.74, 6) is 1.93. The summed E-state index contributed by atoms with van der Waals surface area (Å²) in [4.78, 5) is 4.97. The third-order valence-electron chi connectivity index (χ3n) is 4.51. The Morgan fingerprint density at radius 2 is 1.95 bits per heavy atom. The molecule has 2 aliphatic rings. The zero-order valence-electron chi connectivity index (χ0n) is 12.4. The minimum Gasteiger partial charge on any atom is -0.334 e. The van der Waals surface area contributed by atoms with Crippen molar-refractivity contribution >= 4 is 45.8 Å². The lowest BCUT2D eigenvalue weighted by Crippen LogP contribution is -2.32. The minimum absolute atomic E-state index is 0.153. The highest BCUT2D eigenvalue weighted by molar-refractivity contribution is 8.14. The first-order chi connectivity index (χ1) is 9.97. The van der Waals surface area contributed by atoms with Crippen molar-refractivity contribution in [2.75, 3.05) is 11.1 Å². The molecule has 114 valence electrons. The topological polar surface area (TPSA) is 24.4 Å². The highest BCUT2D eigenvalue weighted by atomic mass is 35.5. The number of thioether (sulfide) groups is 1. The molecule has 21 heavy (non-hydrogen) atoms. The molecule has 1 saturated carbocycles. The number of aryl methyl sites for hydroxylation is 1.